The summed E-state index contributed by atoms with van der Waals surface area (Å²) in [4.78, 5) is 8.58. The van der Waals surface area contributed by atoms with Crippen LogP contribution < -0.4 is 10.6 Å². The van der Waals surface area contributed by atoms with Gasteiger partial charge in [-0.3, -0.25) is 4.99 Å². The lowest BCUT2D eigenvalue weighted by molar-refractivity contribution is 0.616. The summed E-state index contributed by atoms with van der Waals surface area (Å²) >= 11 is 0. The van der Waals surface area contributed by atoms with Crippen LogP contribution in [0.4, 0.5) is 0 Å². The highest BCUT2D eigenvalue weighted by Gasteiger charge is 2.01. The number of rotatable bonds is 7. The summed E-state index contributed by atoms with van der Waals surface area (Å²) in [6.45, 7) is 9.10. The highest BCUT2D eigenvalue weighted by Crippen LogP contribution is 1.92. The molecule has 19 heavy (non-hydrogen) atoms. The molecule has 0 spiro atoms. The van der Waals surface area contributed by atoms with E-state index < -0.39 is 0 Å². The van der Waals surface area contributed by atoms with Crippen LogP contribution in [0.1, 0.15) is 33.6 Å². The predicted octanol–water partition coefficient (Wildman–Crippen LogP) is 2.24. The standard InChI is InChI=1S/C13H25N5.HI/c1-4-12(3)17-13(15-5-2)16-7-6-9-18-10-8-14-11-18;/h8,10-12H,4-7,9H2,1-3H3,(H2,15,16,17);1H. The second kappa shape index (κ2) is 11.1. The minimum atomic E-state index is 0. The van der Waals surface area contributed by atoms with Gasteiger partial charge in [-0.2, -0.15) is 0 Å². The molecule has 0 fully saturated rings. The molecular weight excluding hydrogens is 353 g/mol. The highest BCUT2D eigenvalue weighted by molar-refractivity contribution is 14.0. The van der Waals surface area contributed by atoms with E-state index in [4.69, 9.17) is 0 Å². The molecule has 0 radical (unpaired) electrons. The van der Waals surface area contributed by atoms with Crippen molar-refractivity contribution in [1.29, 1.82) is 0 Å². The third-order valence-corrected chi connectivity index (χ3v) is 2.74. The van der Waals surface area contributed by atoms with Gasteiger partial charge in [0.2, 0.25) is 0 Å². The van der Waals surface area contributed by atoms with Crippen LogP contribution in [0.25, 0.3) is 0 Å². The van der Waals surface area contributed by atoms with Crippen LogP contribution in [0.2, 0.25) is 0 Å². The van der Waals surface area contributed by atoms with Gasteiger partial charge in [0, 0.05) is 38.1 Å². The van der Waals surface area contributed by atoms with Gasteiger partial charge in [-0.15, -0.1) is 24.0 Å². The van der Waals surface area contributed by atoms with E-state index in [9.17, 15) is 0 Å². The number of nitrogens with one attached hydrogen (secondary N) is 2. The Morgan fingerprint density at radius 3 is 2.79 bits per heavy atom. The Hall–Kier alpha value is -0.790. The largest absolute Gasteiger partial charge is 0.357 e. The number of nitrogens with zero attached hydrogens (tertiary/aromatic N) is 3. The molecule has 6 heteroatoms. The van der Waals surface area contributed by atoms with Crippen molar-refractivity contribution in [3.8, 4) is 0 Å². The number of hydrogen-bond acceptors (Lipinski definition) is 2. The summed E-state index contributed by atoms with van der Waals surface area (Å²) < 4.78 is 2.07. The van der Waals surface area contributed by atoms with E-state index in [1.54, 1.807) is 6.20 Å². The summed E-state index contributed by atoms with van der Waals surface area (Å²) in [5, 5.41) is 6.64. The average Bonchev–Trinajstić information content (AvgIpc) is 2.87. The van der Waals surface area contributed by atoms with Crippen LogP contribution in [-0.4, -0.2) is 34.6 Å². The molecule has 0 aliphatic heterocycles. The summed E-state index contributed by atoms with van der Waals surface area (Å²) in [6.07, 6.45) is 7.74. The second-order valence-corrected chi connectivity index (χ2v) is 4.37. The van der Waals surface area contributed by atoms with Crippen LogP contribution in [0.3, 0.4) is 0 Å². The molecule has 110 valence electrons. The van der Waals surface area contributed by atoms with Crippen molar-refractivity contribution in [1.82, 2.24) is 20.2 Å². The topological polar surface area (TPSA) is 54.2 Å². The average molecular weight is 379 g/mol. The molecule has 1 rings (SSSR count). The molecule has 1 unspecified atom stereocenters. The first-order valence-electron chi connectivity index (χ1n) is 6.76. The third kappa shape index (κ3) is 8.07. The Labute approximate surface area is 133 Å². The van der Waals surface area contributed by atoms with Gasteiger partial charge in [-0.05, 0) is 26.7 Å². The summed E-state index contributed by atoms with van der Waals surface area (Å²) in [7, 11) is 0. The maximum Gasteiger partial charge on any atom is 0.191 e. The Bertz CT molecular complexity index is 337. The molecule has 2 N–H and O–H groups in total. The fourth-order valence-corrected chi connectivity index (χ4v) is 1.52. The molecule has 1 aromatic rings. The minimum Gasteiger partial charge on any atom is -0.357 e. The van der Waals surface area contributed by atoms with E-state index >= 15 is 0 Å². The summed E-state index contributed by atoms with van der Waals surface area (Å²) in [5.41, 5.74) is 0. The Balaban J connectivity index is 0.00000324. The van der Waals surface area contributed by atoms with E-state index in [1.807, 2.05) is 12.5 Å². The second-order valence-electron chi connectivity index (χ2n) is 4.37. The maximum atomic E-state index is 4.56. The van der Waals surface area contributed by atoms with Gasteiger partial charge in [-0.1, -0.05) is 6.92 Å². The van der Waals surface area contributed by atoms with E-state index in [-0.39, 0.29) is 24.0 Å². The molecule has 0 saturated heterocycles. The van der Waals surface area contributed by atoms with Crippen molar-refractivity contribution in [2.24, 2.45) is 4.99 Å². The minimum absolute atomic E-state index is 0. The molecule has 0 aromatic carbocycles. The van der Waals surface area contributed by atoms with E-state index in [1.165, 1.54) is 0 Å². The van der Waals surface area contributed by atoms with Gasteiger partial charge < -0.3 is 15.2 Å². The van der Waals surface area contributed by atoms with Crippen molar-refractivity contribution in [3.63, 3.8) is 0 Å². The van der Waals surface area contributed by atoms with E-state index in [0.717, 1.165) is 38.4 Å². The molecule has 0 aliphatic rings. The van der Waals surface area contributed by atoms with Crippen LogP contribution in [0, 0.1) is 0 Å². The molecule has 1 heterocycles. The van der Waals surface area contributed by atoms with Crippen LogP contribution in [0.5, 0.6) is 0 Å². The van der Waals surface area contributed by atoms with Gasteiger partial charge in [0.1, 0.15) is 0 Å². The number of aliphatic imine (C=N–C) groups is 1. The lowest BCUT2D eigenvalue weighted by Crippen LogP contribution is -2.42. The summed E-state index contributed by atoms with van der Waals surface area (Å²) in [6, 6.07) is 0.455. The zero-order chi connectivity index (χ0) is 13.2. The zero-order valence-electron chi connectivity index (χ0n) is 12.1. The lowest BCUT2D eigenvalue weighted by atomic mass is 10.3. The third-order valence-electron chi connectivity index (χ3n) is 2.74. The number of aryl methyl sites for hydroxylation is 1. The number of halogens is 1. The highest BCUT2D eigenvalue weighted by atomic mass is 127. The molecule has 1 atom stereocenters. The SMILES string of the molecule is CCNC(=NCCCn1ccnc1)NC(C)CC.I. The number of hydrogen-bond donors (Lipinski definition) is 2. The van der Waals surface area contributed by atoms with E-state index in [2.05, 4.69) is 45.9 Å². The van der Waals surface area contributed by atoms with Gasteiger partial charge >= 0.3 is 0 Å². The predicted molar refractivity (Wildman–Crippen MR) is 91.1 cm³/mol. The van der Waals surface area contributed by atoms with Crippen molar-refractivity contribution >= 4 is 29.9 Å². The van der Waals surface area contributed by atoms with E-state index in [0.29, 0.717) is 6.04 Å². The number of guanidine groups is 1. The van der Waals surface area contributed by atoms with Crippen molar-refractivity contribution in [2.75, 3.05) is 13.1 Å². The fourth-order valence-electron chi connectivity index (χ4n) is 1.52. The molecule has 1 aromatic heterocycles. The van der Waals surface area contributed by atoms with Gasteiger partial charge in [0.15, 0.2) is 5.96 Å². The van der Waals surface area contributed by atoms with Crippen molar-refractivity contribution in [2.45, 2.75) is 46.2 Å². The van der Waals surface area contributed by atoms with Crippen LogP contribution in [-0.2, 0) is 6.54 Å². The number of aromatic nitrogens is 2. The smallest absolute Gasteiger partial charge is 0.191 e. The monoisotopic (exact) mass is 379 g/mol. The lowest BCUT2D eigenvalue weighted by Gasteiger charge is -2.16. The van der Waals surface area contributed by atoms with Crippen LogP contribution >= 0.6 is 24.0 Å². The first-order chi connectivity index (χ1) is 8.76. The Kier molecular flexibility index (Phi) is 10.6. The molecule has 5 nitrogen and oxygen atoms in total. The van der Waals surface area contributed by atoms with Crippen molar-refractivity contribution in [3.05, 3.63) is 18.7 Å². The first kappa shape index (κ1) is 18.2. The molecule has 0 amide bonds. The molecule has 0 aliphatic carbocycles. The quantitative estimate of drug-likeness (QED) is 0.331. The van der Waals surface area contributed by atoms with Crippen LogP contribution in [0.15, 0.2) is 23.7 Å². The molecule has 0 bridgehead atoms. The Morgan fingerprint density at radius 1 is 1.42 bits per heavy atom. The Morgan fingerprint density at radius 2 is 2.21 bits per heavy atom. The van der Waals surface area contributed by atoms with Gasteiger partial charge in [0.05, 0.1) is 6.33 Å². The fraction of sp³-hybridized carbons (Fsp3) is 0.692. The molecule has 0 saturated carbocycles. The van der Waals surface area contributed by atoms with Gasteiger partial charge in [-0.25, -0.2) is 4.98 Å². The normalized spacial score (nSPS) is 12.7. The maximum absolute atomic E-state index is 4.56. The van der Waals surface area contributed by atoms with Crippen molar-refractivity contribution < 1.29 is 0 Å². The number of imidazole rings is 1. The molecular formula is C13H26IN5. The zero-order valence-corrected chi connectivity index (χ0v) is 14.4. The van der Waals surface area contributed by atoms with Gasteiger partial charge in [0.25, 0.3) is 0 Å². The first-order valence-corrected chi connectivity index (χ1v) is 6.76. The summed E-state index contributed by atoms with van der Waals surface area (Å²) in [5.74, 6) is 0.914.